The van der Waals surface area contributed by atoms with Crippen LogP contribution in [0.2, 0.25) is 0 Å². The molecule has 3 nitrogen and oxygen atoms in total. The fourth-order valence-corrected chi connectivity index (χ4v) is 1.83. The van der Waals surface area contributed by atoms with E-state index >= 15 is 0 Å². The van der Waals surface area contributed by atoms with Crippen LogP contribution in [-0.2, 0) is 4.79 Å². The fourth-order valence-electron chi connectivity index (χ4n) is 1.83. The zero-order valence-electron chi connectivity index (χ0n) is 11.1. The number of aliphatic hydroxyl groups excluding tert-OH is 1. The van der Waals surface area contributed by atoms with Crippen LogP contribution < -0.4 is 5.32 Å². The zero-order valence-corrected chi connectivity index (χ0v) is 11.1. The van der Waals surface area contributed by atoms with E-state index in [1.54, 1.807) is 0 Å². The molecule has 0 aromatic rings. The van der Waals surface area contributed by atoms with E-state index in [9.17, 15) is 9.90 Å². The van der Waals surface area contributed by atoms with Crippen molar-refractivity contribution < 1.29 is 9.90 Å². The van der Waals surface area contributed by atoms with Crippen molar-refractivity contribution in [2.24, 2.45) is 11.8 Å². The number of nitrogens with one attached hydrogen (secondary N) is 1. The van der Waals surface area contributed by atoms with Gasteiger partial charge in [0.05, 0.1) is 6.10 Å². The van der Waals surface area contributed by atoms with E-state index in [0.717, 1.165) is 19.3 Å². The molecule has 3 heteroatoms. The summed E-state index contributed by atoms with van der Waals surface area (Å²) in [6.45, 7) is 8.82. The Morgan fingerprint density at radius 3 is 2.38 bits per heavy atom. The van der Waals surface area contributed by atoms with E-state index in [4.69, 9.17) is 0 Å². The topological polar surface area (TPSA) is 49.3 Å². The summed E-state index contributed by atoms with van der Waals surface area (Å²) in [6, 6.07) is 0. The Morgan fingerprint density at radius 2 is 1.94 bits per heavy atom. The molecule has 0 aliphatic carbocycles. The second-order valence-corrected chi connectivity index (χ2v) is 4.86. The first-order chi connectivity index (χ1) is 7.51. The second-order valence-electron chi connectivity index (χ2n) is 4.86. The molecule has 0 heterocycles. The quantitative estimate of drug-likeness (QED) is 0.671. The maximum Gasteiger partial charge on any atom is 0.220 e. The molecular weight excluding hydrogens is 202 g/mol. The van der Waals surface area contributed by atoms with Crippen LogP contribution in [0.1, 0.15) is 53.4 Å². The number of carbonyl (C=O) groups is 1. The van der Waals surface area contributed by atoms with Crippen molar-refractivity contribution in [2.45, 2.75) is 59.5 Å². The molecule has 2 N–H and O–H groups in total. The van der Waals surface area contributed by atoms with E-state index in [1.165, 1.54) is 0 Å². The zero-order chi connectivity index (χ0) is 12.6. The summed E-state index contributed by atoms with van der Waals surface area (Å²) in [5, 5.41) is 12.3. The number of hydrogen-bond acceptors (Lipinski definition) is 2. The molecule has 1 amide bonds. The number of hydrogen-bond donors (Lipinski definition) is 2. The maximum atomic E-state index is 11.6. The first kappa shape index (κ1) is 15.4. The van der Waals surface area contributed by atoms with Crippen LogP contribution >= 0.6 is 0 Å². The minimum atomic E-state index is -0.395. The lowest BCUT2D eigenvalue weighted by Crippen LogP contribution is -2.33. The molecule has 0 aliphatic heterocycles. The number of rotatable bonds is 8. The summed E-state index contributed by atoms with van der Waals surface area (Å²) in [5.74, 6) is 1.05. The largest absolute Gasteiger partial charge is 0.391 e. The van der Waals surface area contributed by atoms with Crippen molar-refractivity contribution in [2.75, 3.05) is 6.54 Å². The Morgan fingerprint density at radius 1 is 1.31 bits per heavy atom. The lowest BCUT2D eigenvalue weighted by atomic mass is 9.90. The van der Waals surface area contributed by atoms with E-state index in [1.807, 2.05) is 6.92 Å². The number of carbonyl (C=O) groups excluding carboxylic acids is 1. The summed E-state index contributed by atoms with van der Waals surface area (Å²) < 4.78 is 0. The van der Waals surface area contributed by atoms with Gasteiger partial charge >= 0.3 is 0 Å². The molecule has 0 saturated carbocycles. The van der Waals surface area contributed by atoms with Crippen LogP contribution in [0.4, 0.5) is 0 Å². The molecule has 0 aromatic carbocycles. The van der Waals surface area contributed by atoms with Gasteiger partial charge in [0.2, 0.25) is 5.91 Å². The van der Waals surface area contributed by atoms with Gasteiger partial charge in [0.15, 0.2) is 0 Å². The summed E-state index contributed by atoms with van der Waals surface area (Å²) >= 11 is 0. The molecule has 0 rings (SSSR count). The van der Waals surface area contributed by atoms with Crippen LogP contribution in [0.15, 0.2) is 0 Å². The van der Waals surface area contributed by atoms with Gasteiger partial charge in [-0.1, -0.05) is 40.5 Å². The van der Waals surface area contributed by atoms with E-state index in [-0.39, 0.29) is 5.91 Å². The number of amides is 1. The third kappa shape index (κ3) is 6.83. The second kappa shape index (κ2) is 8.57. The van der Waals surface area contributed by atoms with Gasteiger partial charge in [0, 0.05) is 13.0 Å². The molecule has 16 heavy (non-hydrogen) atoms. The highest BCUT2D eigenvalue weighted by Crippen LogP contribution is 2.18. The third-order valence-electron chi connectivity index (χ3n) is 3.07. The normalized spacial score (nSPS) is 14.9. The van der Waals surface area contributed by atoms with Gasteiger partial charge in [-0.3, -0.25) is 4.79 Å². The summed E-state index contributed by atoms with van der Waals surface area (Å²) in [5.41, 5.74) is 0. The van der Waals surface area contributed by atoms with Gasteiger partial charge in [-0.15, -0.1) is 0 Å². The van der Waals surface area contributed by atoms with Crippen molar-refractivity contribution in [3.05, 3.63) is 0 Å². The van der Waals surface area contributed by atoms with Crippen LogP contribution in [0, 0.1) is 11.8 Å². The molecule has 0 spiro atoms. The lowest BCUT2D eigenvalue weighted by Gasteiger charge is -2.19. The van der Waals surface area contributed by atoms with Crippen LogP contribution in [0.3, 0.4) is 0 Å². The van der Waals surface area contributed by atoms with E-state index in [0.29, 0.717) is 24.8 Å². The SMILES string of the molecule is CCCC(O)CNC(=O)CC(CC)C(C)C. The van der Waals surface area contributed by atoms with Gasteiger partial charge < -0.3 is 10.4 Å². The van der Waals surface area contributed by atoms with Gasteiger partial charge in [0.25, 0.3) is 0 Å². The first-order valence-electron chi connectivity index (χ1n) is 6.45. The maximum absolute atomic E-state index is 11.6. The summed E-state index contributed by atoms with van der Waals surface area (Å²) in [4.78, 5) is 11.6. The van der Waals surface area contributed by atoms with Gasteiger partial charge in [0.1, 0.15) is 0 Å². The van der Waals surface area contributed by atoms with Crippen molar-refractivity contribution in [1.82, 2.24) is 5.32 Å². The minimum absolute atomic E-state index is 0.0655. The van der Waals surface area contributed by atoms with Crippen LogP contribution in [-0.4, -0.2) is 23.7 Å². The Kier molecular flexibility index (Phi) is 8.26. The summed E-state index contributed by atoms with van der Waals surface area (Å²) in [7, 11) is 0. The monoisotopic (exact) mass is 229 g/mol. The molecule has 2 atom stereocenters. The van der Waals surface area contributed by atoms with Crippen LogP contribution in [0.5, 0.6) is 0 Å². The molecule has 0 aliphatic rings. The first-order valence-corrected chi connectivity index (χ1v) is 6.45. The smallest absolute Gasteiger partial charge is 0.220 e. The fraction of sp³-hybridized carbons (Fsp3) is 0.923. The van der Waals surface area contributed by atoms with Crippen molar-refractivity contribution >= 4 is 5.91 Å². The predicted molar refractivity (Wildman–Crippen MR) is 67.2 cm³/mol. The molecule has 0 saturated heterocycles. The molecular formula is C13H27NO2. The van der Waals surface area contributed by atoms with E-state index < -0.39 is 6.10 Å². The van der Waals surface area contributed by atoms with Crippen molar-refractivity contribution in [3.8, 4) is 0 Å². The Hall–Kier alpha value is -0.570. The predicted octanol–water partition coefficient (Wildman–Crippen LogP) is 2.34. The van der Waals surface area contributed by atoms with Crippen LogP contribution in [0.25, 0.3) is 0 Å². The number of aliphatic hydroxyl groups is 1. The Balaban J connectivity index is 3.80. The third-order valence-corrected chi connectivity index (χ3v) is 3.07. The van der Waals surface area contributed by atoms with Crippen molar-refractivity contribution in [1.29, 1.82) is 0 Å². The molecule has 2 unspecified atom stereocenters. The van der Waals surface area contributed by atoms with E-state index in [2.05, 4.69) is 26.1 Å². The van der Waals surface area contributed by atoms with Gasteiger partial charge in [-0.2, -0.15) is 0 Å². The highest BCUT2D eigenvalue weighted by Gasteiger charge is 2.15. The Labute approximate surface area is 99.6 Å². The van der Waals surface area contributed by atoms with Crippen molar-refractivity contribution in [3.63, 3.8) is 0 Å². The van der Waals surface area contributed by atoms with Gasteiger partial charge in [-0.25, -0.2) is 0 Å². The molecule has 96 valence electrons. The standard InChI is InChI=1S/C13H27NO2/c1-5-7-12(15)9-14-13(16)8-11(6-2)10(3)4/h10-12,15H,5-9H2,1-4H3,(H,14,16). The summed E-state index contributed by atoms with van der Waals surface area (Å²) in [6.07, 6.45) is 2.91. The molecule has 0 fully saturated rings. The average molecular weight is 229 g/mol. The minimum Gasteiger partial charge on any atom is -0.391 e. The molecule has 0 radical (unpaired) electrons. The Bertz CT molecular complexity index is 192. The molecule has 0 bridgehead atoms. The molecule has 0 aromatic heterocycles. The van der Waals surface area contributed by atoms with Gasteiger partial charge in [-0.05, 0) is 18.3 Å². The highest BCUT2D eigenvalue weighted by atomic mass is 16.3. The highest BCUT2D eigenvalue weighted by molar-refractivity contribution is 5.76. The average Bonchev–Trinajstić information content (AvgIpc) is 2.23. The lowest BCUT2D eigenvalue weighted by molar-refractivity contribution is -0.122.